The van der Waals surface area contributed by atoms with E-state index in [1.54, 1.807) is 24.3 Å². The Morgan fingerprint density at radius 1 is 0.686 bits per heavy atom. The quantitative estimate of drug-likeness (QED) is 0.263. The van der Waals surface area contributed by atoms with Gasteiger partial charge in [-0.2, -0.15) is 0 Å². The van der Waals surface area contributed by atoms with Crippen molar-refractivity contribution in [3.05, 3.63) is 120 Å². The van der Waals surface area contributed by atoms with Gasteiger partial charge in [0.1, 0.15) is 5.69 Å². The van der Waals surface area contributed by atoms with Crippen molar-refractivity contribution < 1.29 is 14.6 Å². The average molecular weight is 459 g/mol. The van der Waals surface area contributed by atoms with Crippen molar-refractivity contribution in [1.29, 1.82) is 0 Å². The fraction of sp³-hybridized carbons (Fsp3) is 0. The van der Waals surface area contributed by atoms with Crippen molar-refractivity contribution in [3.63, 3.8) is 0 Å². The Balaban J connectivity index is 1.47. The van der Waals surface area contributed by atoms with Crippen LogP contribution in [0.3, 0.4) is 0 Å². The molecule has 0 radical (unpaired) electrons. The summed E-state index contributed by atoms with van der Waals surface area (Å²) >= 11 is 0. The number of aromatic nitrogens is 1. The second-order valence-electron chi connectivity index (χ2n) is 7.84. The molecule has 1 N–H and O–H groups in total. The Kier molecular flexibility index (Phi) is 6.22. The molecule has 170 valence electrons. The van der Waals surface area contributed by atoms with Crippen molar-refractivity contribution in [2.24, 2.45) is 0 Å². The molecule has 0 fully saturated rings. The van der Waals surface area contributed by atoms with E-state index in [9.17, 15) is 9.90 Å². The van der Waals surface area contributed by atoms with Gasteiger partial charge in [0.25, 0.3) is 6.47 Å². The molecule has 1 aromatic heterocycles. The third-order valence-electron chi connectivity index (χ3n) is 5.63. The lowest BCUT2D eigenvalue weighted by atomic mass is 10.1. The normalized spacial score (nSPS) is 11.0. The van der Waals surface area contributed by atoms with E-state index in [1.807, 2.05) is 72.8 Å². The van der Waals surface area contributed by atoms with E-state index in [1.165, 1.54) is 0 Å². The second kappa shape index (κ2) is 9.93. The average Bonchev–Trinajstić information content (AvgIpc) is 2.91. The summed E-state index contributed by atoms with van der Waals surface area (Å²) < 4.78 is 5.06. The molecule has 5 heteroatoms. The number of aromatic hydroxyl groups is 1. The Hall–Kier alpha value is -4.90. The molecule has 0 aliphatic heterocycles. The van der Waals surface area contributed by atoms with Gasteiger partial charge in [0.05, 0.1) is 5.52 Å². The molecule has 5 rings (SSSR count). The van der Waals surface area contributed by atoms with Gasteiger partial charge >= 0.3 is 0 Å². The highest BCUT2D eigenvalue weighted by molar-refractivity contribution is 5.91. The van der Waals surface area contributed by atoms with Gasteiger partial charge in [-0.3, -0.25) is 4.79 Å². The number of ether oxygens (including phenoxy) is 1. The third-order valence-corrected chi connectivity index (χ3v) is 5.63. The fourth-order valence-corrected chi connectivity index (χ4v) is 3.98. The molecule has 35 heavy (non-hydrogen) atoms. The minimum absolute atomic E-state index is 0.0990. The number of rotatable bonds is 7. The van der Waals surface area contributed by atoms with E-state index in [4.69, 9.17) is 4.74 Å². The first kappa shape index (κ1) is 21.9. The zero-order valence-corrected chi connectivity index (χ0v) is 18.8. The smallest absolute Gasteiger partial charge is 0.298 e. The molecule has 1 heterocycles. The molecule has 4 aromatic carbocycles. The molecule has 5 nitrogen and oxygen atoms in total. The van der Waals surface area contributed by atoms with Crippen LogP contribution in [-0.4, -0.2) is 16.6 Å². The molecule has 0 saturated carbocycles. The molecule has 0 aliphatic carbocycles. The molecular weight excluding hydrogens is 436 g/mol. The summed E-state index contributed by atoms with van der Waals surface area (Å²) in [5.41, 5.74) is 5.03. The third kappa shape index (κ3) is 4.61. The molecule has 0 atom stereocenters. The number of para-hydroxylation sites is 3. The monoisotopic (exact) mass is 458 g/mol. The number of anilines is 3. The van der Waals surface area contributed by atoms with Crippen molar-refractivity contribution in [2.75, 3.05) is 4.90 Å². The number of benzene rings is 4. The van der Waals surface area contributed by atoms with Crippen LogP contribution in [0.25, 0.3) is 23.1 Å². The molecule has 5 aromatic rings. The first-order valence-corrected chi connectivity index (χ1v) is 11.1. The molecule has 0 saturated heterocycles. The number of carbonyl (C=O) groups is 1. The van der Waals surface area contributed by atoms with E-state index in [0.29, 0.717) is 23.1 Å². The van der Waals surface area contributed by atoms with Crippen molar-refractivity contribution in [2.45, 2.75) is 0 Å². The standard InChI is InChI=1S/C30H22N2O3/c33-21-35-30-26-13-7-8-14-27(26)31-28(29(30)34)20-17-22-15-18-25(19-16-22)32(23-9-3-1-4-10-23)24-11-5-2-6-12-24/h1-21,34H/b20-17+. The van der Waals surface area contributed by atoms with Gasteiger partial charge in [-0.05, 0) is 60.2 Å². The highest BCUT2D eigenvalue weighted by atomic mass is 16.5. The first-order chi connectivity index (χ1) is 17.2. The van der Waals surface area contributed by atoms with Crippen LogP contribution >= 0.6 is 0 Å². The van der Waals surface area contributed by atoms with Gasteiger partial charge in [-0.15, -0.1) is 0 Å². The van der Waals surface area contributed by atoms with Crippen LogP contribution in [0.4, 0.5) is 17.1 Å². The van der Waals surface area contributed by atoms with Gasteiger partial charge < -0.3 is 14.7 Å². The van der Waals surface area contributed by atoms with Gasteiger partial charge in [0, 0.05) is 22.4 Å². The lowest BCUT2D eigenvalue weighted by molar-refractivity contribution is -0.120. The Morgan fingerprint density at radius 3 is 1.89 bits per heavy atom. The van der Waals surface area contributed by atoms with Crippen LogP contribution in [0.2, 0.25) is 0 Å². The van der Waals surface area contributed by atoms with Gasteiger partial charge in [0.2, 0.25) is 0 Å². The van der Waals surface area contributed by atoms with E-state index >= 15 is 0 Å². The SMILES string of the molecule is O=COc1c(O)c(/C=C/c2ccc(N(c3ccccc3)c3ccccc3)cc2)nc2ccccc12. The number of carbonyl (C=O) groups excluding carboxylic acids is 1. The highest BCUT2D eigenvalue weighted by Crippen LogP contribution is 2.37. The zero-order valence-electron chi connectivity index (χ0n) is 18.8. The Bertz CT molecular complexity index is 1440. The molecule has 0 unspecified atom stereocenters. The summed E-state index contributed by atoms with van der Waals surface area (Å²) in [6.45, 7) is 0.305. The predicted molar refractivity (Wildman–Crippen MR) is 140 cm³/mol. The van der Waals surface area contributed by atoms with Crippen molar-refractivity contribution in [1.82, 2.24) is 4.98 Å². The molecular formula is C30H22N2O3. The lowest BCUT2D eigenvalue weighted by Gasteiger charge is -2.25. The van der Waals surface area contributed by atoms with Crippen molar-refractivity contribution in [3.8, 4) is 11.5 Å². The van der Waals surface area contributed by atoms with E-state index in [-0.39, 0.29) is 11.5 Å². The van der Waals surface area contributed by atoms with E-state index < -0.39 is 0 Å². The predicted octanol–water partition coefficient (Wildman–Crippen LogP) is 7.12. The number of nitrogens with zero attached hydrogens (tertiary/aromatic N) is 2. The van der Waals surface area contributed by atoms with Crippen LogP contribution in [0.5, 0.6) is 11.5 Å². The maximum absolute atomic E-state index is 11.0. The molecule has 0 bridgehead atoms. The summed E-state index contributed by atoms with van der Waals surface area (Å²) in [6, 6.07) is 35.7. The fourth-order valence-electron chi connectivity index (χ4n) is 3.98. The Morgan fingerprint density at radius 2 is 1.26 bits per heavy atom. The minimum Gasteiger partial charge on any atom is -0.503 e. The largest absolute Gasteiger partial charge is 0.503 e. The highest BCUT2D eigenvalue weighted by Gasteiger charge is 2.14. The van der Waals surface area contributed by atoms with Gasteiger partial charge in [-0.25, -0.2) is 4.98 Å². The minimum atomic E-state index is -0.178. The first-order valence-electron chi connectivity index (χ1n) is 11.1. The van der Waals surface area contributed by atoms with Crippen LogP contribution in [0.15, 0.2) is 109 Å². The van der Waals surface area contributed by atoms with Crippen LogP contribution in [0.1, 0.15) is 11.3 Å². The van der Waals surface area contributed by atoms with Gasteiger partial charge in [-0.1, -0.05) is 66.7 Å². The summed E-state index contributed by atoms with van der Waals surface area (Å²) in [7, 11) is 0. The van der Waals surface area contributed by atoms with E-state index in [0.717, 1.165) is 22.6 Å². The zero-order chi connectivity index (χ0) is 24.0. The lowest BCUT2D eigenvalue weighted by Crippen LogP contribution is -2.09. The van der Waals surface area contributed by atoms with Crippen LogP contribution in [-0.2, 0) is 4.79 Å². The van der Waals surface area contributed by atoms with E-state index in [2.05, 4.69) is 34.1 Å². The second-order valence-corrected chi connectivity index (χ2v) is 7.84. The number of hydrogen-bond donors (Lipinski definition) is 1. The molecule has 0 amide bonds. The number of pyridine rings is 1. The van der Waals surface area contributed by atoms with Crippen LogP contribution in [0, 0.1) is 0 Å². The summed E-state index contributed by atoms with van der Waals surface area (Å²) in [5.74, 6) is -0.0787. The number of fused-ring (bicyclic) bond motifs is 1. The maximum Gasteiger partial charge on any atom is 0.298 e. The van der Waals surface area contributed by atoms with Gasteiger partial charge in [0.15, 0.2) is 11.5 Å². The topological polar surface area (TPSA) is 62.7 Å². The summed E-state index contributed by atoms with van der Waals surface area (Å²) in [6.07, 6.45) is 3.57. The number of hydrogen-bond acceptors (Lipinski definition) is 5. The maximum atomic E-state index is 11.0. The molecule has 0 spiro atoms. The molecule has 0 aliphatic rings. The summed E-state index contributed by atoms with van der Waals surface area (Å²) in [5, 5.41) is 11.2. The van der Waals surface area contributed by atoms with Crippen LogP contribution < -0.4 is 9.64 Å². The Labute approximate surface area is 203 Å². The van der Waals surface area contributed by atoms with Crippen molar-refractivity contribution >= 4 is 46.6 Å². The summed E-state index contributed by atoms with van der Waals surface area (Å²) in [4.78, 5) is 17.7.